The largest absolute Gasteiger partial charge is 0.499 e. The molecule has 2 aromatic heterocycles. The van der Waals surface area contributed by atoms with Gasteiger partial charge in [0.1, 0.15) is 24.7 Å². The van der Waals surface area contributed by atoms with Gasteiger partial charge in [-0.15, -0.1) is 0 Å². The third kappa shape index (κ3) is 3.97. The summed E-state index contributed by atoms with van der Waals surface area (Å²) in [4.78, 5) is 19.4. The Balaban J connectivity index is 1.36. The summed E-state index contributed by atoms with van der Waals surface area (Å²) in [5.41, 5.74) is 2.14. The maximum atomic E-state index is 12.6. The van der Waals surface area contributed by atoms with E-state index in [0.717, 1.165) is 11.1 Å². The van der Waals surface area contributed by atoms with Gasteiger partial charge in [0.15, 0.2) is 11.9 Å². The van der Waals surface area contributed by atoms with Crippen LogP contribution in [0.2, 0.25) is 0 Å². The molecule has 0 bridgehead atoms. The molecule has 0 spiro atoms. The highest BCUT2D eigenvalue weighted by molar-refractivity contribution is 7.74. The Hall–Kier alpha value is -3.44. The summed E-state index contributed by atoms with van der Waals surface area (Å²) in [6.45, 7) is 0.925. The zero-order valence-electron chi connectivity index (χ0n) is 16.1. The second-order valence-corrected chi connectivity index (χ2v) is 7.61. The minimum absolute atomic E-state index is 0.176. The summed E-state index contributed by atoms with van der Waals surface area (Å²) in [5.74, 6) is 1.59. The minimum atomic E-state index is -2.40. The van der Waals surface area contributed by atoms with Crippen LogP contribution in [0.3, 0.4) is 0 Å². The van der Waals surface area contributed by atoms with Crippen molar-refractivity contribution in [3.8, 4) is 34.5 Å². The maximum Gasteiger partial charge on any atom is 0.499 e. The molecule has 2 aliphatic rings. The van der Waals surface area contributed by atoms with E-state index in [-0.39, 0.29) is 25.0 Å². The van der Waals surface area contributed by atoms with Crippen molar-refractivity contribution in [1.29, 1.82) is 0 Å². The molecule has 5 rings (SSSR count). The van der Waals surface area contributed by atoms with Crippen molar-refractivity contribution in [3.63, 3.8) is 0 Å². The first kappa shape index (κ1) is 19.5. The van der Waals surface area contributed by atoms with Crippen LogP contribution in [-0.4, -0.2) is 38.0 Å². The van der Waals surface area contributed by atoms with Crippen LogP contribution in [0.15, 0.2) is 47.4 Å². The molecule has 10 nitrogen and oxygen atoms in total. The Kier molecular flexibility index (Phi) is 5.04. The lowest BCUT2D eigenvalue weighted by Gasteiger charge is -2.25. The summed E-state index contributed by atoms with van der Waals surface area (Å²) in [6, 6.07) is 10.3. The number of hydrogen-bond acceptors (Lipinski definition) is 7. The van der Waals surface area contributed by atoms with Crippen LogP contribution >= 0.6 is 0 Å². The molecular weight excluding hydrogens is 426 g/mol. The predicted molar refractivity (Wildman–Crippen MR) is 107 cm³/mol. The van der Waals surface area contributed by atoms with E-state index in [0.29, 0.717) is 41.9 Å². The number of nitrogens with one attached hydrogen (secondary N) is 1. The number of rotatable bonds is 5. The molecule has 4 heterocycles. The van der Waals surface area contributed by atoms with Crippen molar-refractivity contribution < 1.29 is 31.7 Å². The van der Waals surface area contributed by atoms with E-state index in [1.165, 1.54) is 0 Å². The zero-order valence-corrected chi connectivity index (χ0v) is 17.0. The van der Waals surface area contributed by atoms with E-state index in [1.54, 1.807) is 47.2 Å². The number of aryl methyl sites for hydroxylation is 1. The maximum absolute atomic E-state index is 12.6. The van der Waals surface area contributed by atoms with E-state index in [4.69, 9.17) is 22.9 Å². The molecule has 0 saturated heterocycles. The average Bonchev–Trinajstić information content (AvgIpc) is 2.77. The molecule has 160 valence electrons. The highest BCUT2D eigenvalue weighted by Gasteiger charge is 2.27. The van der Waals surface area contributed by atoms with Gasteiger partial charge in [0.05, 0.1) is 12.6 Å². The lowest BCUT2D eigenvalue weighted by Crippen LogP contribution is -2.55. The molecular formula is C20H18N3O7S+. The Morgan fingerprint density at radius 2 is 2.23 bits per heavy atom. The molecule has 3 aromatic rings. The number of hydrogen-bond donors (Lipinski definition) is 2. The summed E-state index contributed by atoms with van der Waals surface area (Å²) < 4.78 is 43.5. The Bertz CT molecular complexity index is 1230. The third-order valence-electron chi connectivity index (χ3n) is 5.02. The summed E-state index contributed by atoms with van der Waals surface area (Å²) in [6.07, 6.45) is 1.87. The summed E-state index contributed by atoms with van der Waals surface area (Å²) >= 11 is -2.40. The number of benzene rings is 1. The van der Waals surface area contributed by atoms with Gasteiger partial charge in [-0.05, 0) is 35.9 Å². The second kappa shape index (κ2) is 8.00. The van der Waals surface area contributed by atoms with Crippen LogP contribution in [0.4, 0.5) is 0 Å². The van der Waals surface area contributed by atoms with Crippen LogP contribution in [0.1, 0.15) is 5.56 Å². The van der Waals surface area contributed by atoms with Gasteiger partial charge in [0.25, 0.3) is 11.8 Å². The van der Waals surface area contributed by atoms with Gasteiger partial charge in [-0.1, -0.05) is 0 Å². The molecule has 0 amide bonds. The molecule has 2 aliphatic heterocycles. The highest BCUT2D eigenvalue weighted by atomic mass is 32.2. The predicted octanol–water partition coefficient (Wildman–Crippen LogP) is 1.01. The lowest BCUT2D eigenvalue weighted by atomic mass is 9.97. The number of aromatic amines is 1. The third-order valence-corrected chi connectivity index (χ3v) is 5.35. The molecule has 2 N–H and O–H groups in total. The molecule has 0 fully saturated rings. The van der Waals surface area contributed by atoms with Gasteiger partial charge in [-0.3, -0.25) is 4.55 Å². The number of fused-ring (bicyclic) bond motifs is 4. The van der Waals surface area contributed by atoms with Gasteiger partial charge in [0.2, 0.25) is 0 Å². The number of H-pyrrole nitrogens is 1. The first-order valence-electron chi connectivity index (χ1n) is 9.54. The van der Waals surface area contributed by atoms with Crippen LogP contribution < -0.4 is 28.7 Å². The molecule has 0 radical (unpaired) electrons. The molecule has 2 atom stereocenters. The van der Waals surface area contributed by atoms with Gasteiger partial charge >= 0.3 is 17.1 Å². The fourth-order valence-electron chi connectivity index (χ4n) is 3.66. The summed E-state index contributed by atoms with van der Waals surface area (Å²) in [5, 5.41) is 0. The Labute approximate surface area is 178 Å². The van der Waals surface area contributed by atoms with Gasteiger partial charge in [-0.25, -0.2) is 4.98 Å². The van der Waals surface area contributed by atoms with E-state index < -0.39 is 11.4 Å². The Morgan fingerprint density at radius 1 is 1.32 bits per heavy atom. The summed E-state index contributed by atoms with van der Waals surface area (Å²) in [7, 11) is 0. The van der Waals surface area contributed by atoms with Crippen molar-refractivity contribution in [3.05, 3.63) is 58.6 Å². The first-order chi connectivity index (χ1) is 15.1. The molecule has 2 unspecified atom stereocenters. The minimum Gasteiger partial charge on any atom is -0.478 e. The molecule has 0 aliphatic carbocycles. The van der Waals surface area contributed by atoms with Gasteiger partial charge in [0, 0.05) is 18.2 Å². The number of nitrogens with zero attached hydrogens (tertiary/aromatic N) is 2. The van der Waals surface area contributed by atoms with E-state index in [9.17, 15) is 9.00 Å². The molecule has 0 saturated carbocycles. The lowest BCUT2D eigenvalue weighted by molar-refractivity contribution is -0.704. The monoisotopic (exact) mass is 444 g/mol. The van der Waals surface area contributed by atoms with E-state index in [2.05, 4.69) is 9.97 Å². The molecule has 31 heavy (non-hydrogen) atoms. The molecule has 11 heteroatoms. The normalized spacial score (nSPS) is 17.3. The number of ether oxygens (including phenoxy) is 3. The standard InChI is InChI=1S/C20H17N3O7S/c24-20-22-18(27-10-14-11-28-19-17(29-14)2-1-6-21-19)9-16-15-4-3-13(30-31(25)26)8-12(15)5-7-23(16)20/h1-4,6,8-9,14H,5,7,10-11H2,(H,25,26)/p+1. The van der Waals surface area contributed by atoms with Crippen molar-refractivity contribution >= 4 is 11.4 Å². The average molecular weight is 444 g/mol. The first-order valence-corrected chi connectivity index (χ1v) is 10.6. The van der Waals surface area contributed by atoms with E-state index in [1.807, 2.05) is 0 Å². The van der Waals surface area contributed by atoms with Gasteiger partial charge < -0.3 is 18.4 Å². The number of aromatic nitrogens is 3. The molecule has 1 aromatic carbocycles. The highest BCUT2D eigenvalue weighted by Crippen LogP contribution is 2.30. The van der Waals surface area contributed by atoms with Crippen molar-refractivity contribution in [2.24, 2.45) is 0 Å². The number of pyridine rings is 1. The van der Waals surface area contributed by atoms with Crippen LogP contribution in [0.25, 0.3) is 11.3 Å². The van der Waals surface area contributed by atoms with Crippen molar-refractivity contribution in [1.82, 2.24) is 9.97 Å². The zero-order chi connectivity index (χ0) is 21.4. The van der Waals surface area contributed by atoms with Crippen molar-refractivity contribution in [2.45, 2.75) is 19.1 Å². The second-order valence-electron chi connectivity index (χ2n) is 7.01. The van der Waals surface area contributed by atoms with Crippen LogP contribution in [-0.2, 0) is 24.3 Å². The van der Waals surface area contributed by atoms with Crippen molar-refractivity contribution in [2.75, 3.05) is 13.2 Å². The fraction of sp³-hybridized carbons (Fsp3) is 0.250. The van der Waals surface area contributed by atoms with Crippen LogP contribution in [0.5, 0.6) is 23.3 Å². The van der Waals surface area contributed by atoms with Crippen LogP contribution in [0, 0.1) is 0 Å². The van der Waals surface area contributed by atoms with Gasteiger partial charge in [-0.2, -0.15) is 18.6 Å². The quantitative estimate of drug-likeness (QED) is 0.442. The smallest absolute Gasteiger partial charge is 0.478 e. The fourth-order valence-corrected chi connectivity index (χ4v) is 3.93. The van der Waals surface area contributed by atoms with E-state index >= 15 is 0 Å². The topological polar surface area (TPSA) is 124 Å². The SMILES string of the molecule is O=c1[nH]c(OCC2COc3ncccc3O2)cc2[n+]1CCc1cc(OS(=O)O)ccc1-2. The Morgan fingerprint density at radius 3 is 3.10 bits per heavy atom.